The lowest BCUT2D eigenvalue weighted by Crippen LogP contribution is -2.16. The van der Waals surface area contributed by atoms with Gasteiger partial charge < -0.3 is 13.7 Å². The maximum Gasteiger partial charge on any atom is 0.307 e. The molecule has 0 radical (unpaired) electrons. The Morgan fingerprint density at radius 1 is 1.17 bits per heavy atom. The second-order valence-corrected chi connectivity index (χ2v) is 8.23. The molecule has 7 nitrogen and oxygen atoms in total. The quantitative estimate of drug-likeness (QED) is 0.396. The van der Waals surface area contributed by atoms with E-state index in [1.54, 1.807) is 29.7 Å². The van der Waals surface area contributed by atoms with Crippen LogP contribution >= 0.6 is 23.1 Å². The van der Waals surface area contributed by atoms with E-state index in [0.717, 1.165) is 39.5 Å². The van der Waals surface area contributed by atoms with E-state index in [-0.39, 0.29) is 4.87 Å². The first-order valence-electron chi connectivity index (χ1n) is 9.03. The van der Waals surface area contributed by atoms with E-state index in [0.29, 0.717) is 13.1 Å². The summed E-state index contributed by atoms with van der Waals surface area (Å²) < 4.78 is 14.6. The molecule has 0 aliphatic carbocycles. The topological polar surface area (TPSA) is 75.1 Å². The molecule has 3 aromatic heterocycles. The molecule has 0 aliphatic rings. The molecule has 0 N–H and O–H groups in total. The molecule has 0 aliphatic heterocycles. The number of aromatic nitrogens is 4. The molecule has 0 fully saturated rings. The van der Waals surface area contributed by atoms with Crippen molar-refractivity contribution in [2.75, 3.05) is 12.9 Å². The van der Waals surface area contributed by atoms with E-state index >= 15 is 0 Å². The highest BCUT2D eigenvalue weighted by Crippen LogP contribution is 2.27. The van der Waals surface area contributed by atoms with Gasteiger partial charge in [0.25, 0.3) is 0 Å². The second-order valence-electron chi connectivity index (χ2n) is 6.34. The fraction of sp³-hybridized carbons (Fsp3) is 0.250. The highest BCUT2D eigenvalue weighted by atomic mass is 32.2. The summed E-state index contributed by atoms with van der Waals surface area (Å²) in [6.45, 7) is 3.11. The van der Waals surface area contributed by atoms with Crippen LogP contribution in [0, 0.1) is 6.92 Å². The Bertz CT molecular complexity index is 1130. The summed E-state index contributed by atoms with van der Waals surface area (Å²) in [5.74, 6) is 3.09. The molecule has 4 aromatic rings. The van der Waals surface area contributed by atoms with Crippen molar-refractivity contribution in [2.24, 2.45) is 0 Å². The van der Waals surface area contributed by atoms with Crippen LogP contribution in [0.1, 0.15) is 11.5 Å². The van der Waals surface area contributed by atoms with Gasteiger partial charge in [-0.2, -0.15) is 0 Å². The van der Waals surface area contributed by atoms with Crippen molar-refractivity contribution < 1.29 is 9.15 Å². The van der Waals surface area contributed by atoms with Gasteiger partial charge in [-0.25, -0.2) is 0 Å². The Morgan fingerprint density at radius 3 is 2.66 bits per heavy atom. The van der Waals surface area contributed by atoms with Crippen molar-refractivity contribution >= 4 is 23.1 Å². The Balaban J connectivity index is 1.59. The summed E-state index contributed by atoms with van der Waals surface area (Å²) in [5.41, 5.74) is 1.93. The molecular weight excluding hydrogens is 408 g/mol. The number of aryl methyl sites for hydroxylation is 1. The van der Waals surface area contributed by atoms with Gasteiger partial charge in [-0.05, 0) is 43.3 Å². The van der Waals surface area contributed by atoms with Crippen LogP contribution in [0.3, 0.4) is 0 Å². The summed E-state index contributed by atoms with van der Waals surface area (Å²) >= 11 is 2.81. The first-order chi connectivity index (χ1) is 14.2. The average Bonchev–Trinajstić information content (AvgIpc) is 3.46. The Labute approximate surface area is 176 Å². The zero-order valence-electron chi connectivity index (χ0n) is 16.1. The first-order valence-corrected chi connectivity index (χ1v) is 10.9. The number of thioether (sulfide) groups is 1. The van der Waals surface area contributed by atoms with Crippen LogP contribution in [0.2, 0.25) is 0 Å². The van der Waals surface area contributed by atoms with Gasteiger partial charge in [0.1, 0.15) is 11.5 Å². The molecule has 0 atom stereocenters. The van der Waals surface area contributed by atoms with Gasteiger partial charge in [0.05, 0.1) is 19.9 Å². The van der Waals surface area contributed by atoms with Crippen molar-refractivity contribution in [3.05, 3.63) is 69.2 Å². The molecule has 0 unspecified atom stereocenters. The van der Waals surface area contributed by atoms with E-state index in [4.69, 9.17) is 9.15 Å². The van der Waals surface area contributed by atoms with Crippen LogP contribution in [-0.4, -0.2) is 32.2 Å². The minimum Gasteiger partial charge on any atom is -0.497 e. The predicted octanol–water partition coefficient (Wildman–Crippen LogP) is 3.92. The van der Waals surface area contributed by atoms with Crippen LogP contribution in [0.5, 0.6) is 5.75 Å². The summed E-state index contributed by atoms with van der Waals surface area (Å²) in [4.78, 5) is 12.0. The van der Waals surface area contributed by atoms with Gasteiger partial charge in [0.2, 0.25) is 0 Å². The van der Waals surface area contributed by atoms with Crippen LogP contribution in [0.15, 0.2) is 62.4 Å². The number of hydrogen-bond donors (Lipinski definition) is 0. The SMILES string of the molecule is COc1ccc(-c2nnc(SCCn3c(C)csc3=O)n2Cc2ccco2)cc1. The number of nitrogens with zero attached hydrogens (tertiary/aromatic N) is 4. The van der Waals surface area contributed by atoms with Gasteiger partial charge >= 0.3 is 4.87 Å². The van der Waals surface area contributed by atoms with Crippen molar-refractivity contribution in [3.63, 3.8) is 0 Å². The summed E-state index contributed by atoms with van der Waals surface area (Å²) in [5, 5.41) is 11.5. The van der Waals surface area contributed by atoms with Crippen molar-refractivity contribution in [1.82, 2.24) is 19.3 Å². The monoisotopic (exact) mass is 428 g/mol. The van der Waals surface area contributed by atoms with Gasteiger partial charge in [-0.3, -0.25) is 9.36 Å². The van der Waals surface area contributed by atoms with Crippen molar-refractivity contribution in [2.45, 2.75) is 25.2 Å². The number of benzene rings is 1. The average molecular weight is 429 g/mol. The molecule has 0 bridgehead atoms. The smallest absolute Gasteiger partial charge is 0.307 e. The van der Waals surface area contributed by atoms with Crippen LogP contribution in [0.4, 0.5) is 0 Å². The van der Waals surface area contributed by atoms with Gasteiger partial charge in [0, 0.05) is 28.9 Å². The third-order valence-corrected chi connectivity index (χ3v) is 6.31. The third-order valence-electron chi connectivity index (χ3n) is 4.48. The molecule has 150 valence electrons. The first kappa shape index (κ1) is 19.5. The molecule has 0 amide bonds. The lowest BCUT2D eigenvalue weighted by atomic mass is 10.2. The molecule has 0 spiro atoms. The molecule has 9 heteroatoms. The highest BCUT2D eigenvalue weighted by Gasteiger charge is 2.16. The van der Waals surface area contributed by atoms with Crippen LogP contribution in [-0.2, 0) is 13.1 Å². The van der Waals surface area contributed by atoms with Gasteiger partial charge in [-0.15, -0.1) is 10.2 Å². The van der Waals surface area contributed by atoms with Crippen LogP contribution in [0.25, 0.3) is 11.4 Å². The summed E-state index contributed by atoms with van der Waals surface area (Å²) in [6.07, 6.45) is 1.66. The fourth-order valence-corrected chi connectivity index (χ4v) is 4.58. The molecular formula is C20H20N4O3S2. The zero-order chi connectivity index (χ0) is 20.2. The Kier molecular flexibility index (Phi) is 5.86. The number of methoxy groups -OCH3 is 1. The number of rotatable bonds is 8. The second kappa shape index (κ2) is 8.71. The number of furan rings is 1. The lowest BCUT2D eigenvalue weighted by molar-refractivity contribution is 0.415. The van der Waals surface area contributed by atoms with Crippen molar-refractivity contribution in [3.8, 4) is 17.1 Å². The largest absolute Gasteiger partial charge is 0.497 e. The standard InChI is InChI=1S/C20H20N4O3S2/c1-14-13-29-20(25)23(14)9-11-28-19-22-21-18(15-5-7-16(26-2)8-6-15)24(19)12-17-4-3-10-27-17/h3-8,10,13H,9,11-12H2,1-2H3. The predicted molar refractivity (Wildman–Crippen MR) is 114 cm³/mol. The van der Waals surface area contributed by atoms with E-state index in [9.17, 15) is 4.79 Å². The molecule has 4 rings (SSSR count). The summed E-state index contributed by atoms with van der Waals surface area (Å²) in [6, 6.07) is 11.5. The van der Waals surface area contributed by atoms with E-state index < -0.39 is 0 Å². The zero-order valence-corrected chi connectivity index (χ0v) is 17.7. The van der Waals surface area contributed by atoms with Crippen LogP contribution < -0.4 is 9.61 Å². The van der Waals surface area contributed by atoms with Gasteiger partial charge in [0.15, 0.2) is 11.0 Å². The summed E-state index contributed by atoms with van der Waals surface area (Å²) in [7, 11) is 1.64. The molecule has 0 saturated heterocycles. The van der Waals surface area contributed by atoms with E-state index in [1.165, 1.54) is 11.3 Å². The molecule has 1 aromatic carbocycles. The van der Waals surface area contributed by atoms with Crippen molar-refractivity contribution in [1.29, 1.82) is 0 Å². The number of ether oxygens (including phenoxy) is 1. The fourth-order valence-electron chi connectivity index (χ4n) is 2.95. The van der Waals surface area contributed by atoms with E-state index in [2.05, 4.69) is 10.2 Å². The van der Waals surface area contributed by atoms with Gasteiger partial charge in [-0.1, -0.05) is 23.1 Å². The minimum absolute atomic E-state index is 0.0686. The third kappa shape index (κ3) is 4.30. The molecule has 29 heavy (non-hydrogen) atoms. The Hall–Kier alpha value is -2.78. The maximum atomic E-state index is 11.9. The Morgan fingerprint density at radius 2 is 2.00 bits per heavy atom. The minimum atomic E-state index is 0.0686. The number of thiazole rings is 1. The lowest BCUT2D eigenvalue weighted by Gasteiger charge is -2.10. The number of hydrogen-bond acceptors (Lipinski definition) is 7. The maximum absolute atomic E-state index is 11.9. The molecule has 3 heterocycles. The highest BCUT2D eigenvalue weighted by molar-refractivity contribution is 7.99. The van der Waals surface area contributed by atoms with E-state index in [1.807, 2.05) is 53.3 Å². The molecule has 0 saturated carbocycles. The normalized spacial score (nSPS) is 11.1.